The largest absolute Gasteiger partial charge is 1.00 e. The van der Waals surface area contributed by atoms with Crippen LogP contribution in [-0.4, -0.2) is 41.1 Å². The molecule has 0 aliphatic rings. The van der Waals surface area contributed by atoms with Gasteiger partial charge in [-0.05, 0) is 32.1 Å². The topological polar surface area (TPSA) is 51.4 Å². The van der Waals surface area contributed by atoms with E-state index in [0.717, 1.165) is 36.1 Å². The monoisotopic (exact) mass is 334 g/mol. The number of rotatable bonds is 6. The van der Waals surface area contributed by atoms with Crippen molar-refractivity contribution in [2.75, 3.05) is 26.2 Å². The zero-order chi connectivity index (χ0) is 15.5. The van der Waals surface area contributed by atoms with Gasteiger partial charge in [-0.1, -0.05) is 26.0 Å². The van der Waals surface area contributed by atoms with Crippen molar-refractivity contribution in [1.29, 1.82) is 0 Å². The fourth-order valence-electron chi connectivity index (χ4n) is 2.58. The first-order chi connectivity index (χ1) is 10.7. The van der Waals surface area contributed by atoms with Crippen LogP contribution in [0.2, 0.25) is 0 Å². The van der Waals surface area contributed by atoms with Crippen LogP contribution in [-0.2, 0) is 0 Å². The molecule has 0 saturated carbocycles. The average Bonchev–Trinajstić information content (AvgIpc) is 2.90. The third kappa shape index (κ3) is 3.57. The molecule has 3 rings (SSSR count). The molecule has 0 fully saturated rings. The maximum atomic E-state index is 5.89. The molecule has 5 nitrogen and oxygen atoms in total. The minimum Gasteiger partial charge on any atom is -1.00 e. The Balaban J connectivity index is 0.00000192. The van der Waals surface area contributed by atoms with E-state index in [1.165, 1.54) is 0 Å². The molecular weight excluding hydrogens is 314 g/mol. The van der Waals surface area contributed by atoms with E-state index in [0.29, 0.717) is 23.9 Å². The van der Waals surface area contributed by atoms with Gasteiger partial charge in [-0.3, -0.25) is 0 Å². The van der Waals surface area contributed by atoms with Gasteiger partial charge in [-0.25, -0.2) is 4.98 Å². The number of fused-ring (bicyclic) bond motifs is 3. The Morgan fingerprint density at radius 1 is 1.13 bits per heavy atom. The van der Waals surface area contributed by atoms with Crippen molar-refractivity contribution in [1.82, 2.24) is 14.9 Å². The Morgan fingerprint density at radius 2 is 1.87 bits per heavy atom. The number of hydrogen-bond acceptors (Lipinski definition) is 5. The number of aryl methyl sites for hydroxylation is 1. The quantitative estimate of drug-likeness (QED) is 0.653. The number of benzene rings is 1. The van der Waals surface area contributed by atoms with Gasteiger partial charge in [0.2, 0.25) is 5.58 Å². The molecule has 1 aromatic carbocycles. The summed E-state index contributed by atoms with van der Waals surface area (Å²) in [5, 5.41) is 0.997. The van der Waals surface area contributed by atoms with Crippen LogP contribution < -0.4 is 17.1 Å². The molecule has 0 aliphatic heterocycles. The zero-order valence-corrected chi connectivity index (χ0v) is 14.4. The average molecular weight is 335 g/mol. The number of hydrogen-bond donors (Lipinski definition) is 0. The maximum absolute atomic E-state index is 5.89. The number of aromatic nitrogens is 2. The van der Waals surface area contributed by atoms with Gasteiger partial charge in [0.05, 0.1) is 0 Å². The minimum atomic E-state index is 0. The third-order valence-electron chi connectivity index (χ3n) is 3.84. The highest BCUT2D eigenvalue weighted by atomic mass is 35.5. The predicted molar refractivity (Wildman–Crippen MR) is 87.3 cm³/mol. The van der Waals surface area contributed by atoms with Crippen molar-refractivity contribution >= 4 is 22.1 Å². The molecule has 0 saturated heterocycles. The minimum absolute atomic E-state index is 0. The van der Waals surface area contributed by atoms with Crippen LogP contribution in [0.3, 0.4) is 0 Å². The van der Waals surface area contributed by atoms with Gasteiger partial charge < -0.3 is 26.5 Å². The maximum Gasteiger partial charge on any atom is 0.261 e. The van der Waals surface area contributed by atoms with E-state index in [-0.39, 0.29) is 12.4 Å². The van der Waals surface area contributed by atoms with Crippen LogP contribution in [0.15, 0.2) is 28.7 Å². The second kappa shape index (κ2) is 7.62. The van der Waals surface area contributed by atoms with Crippen molar-refractivity contribution in [3.05, 3.63) is 30.1 Å². The molecule has 0 amide bonds. The summed E-state index contributed by atoms with van der Waals surface area (Å²) in [7, 11) is 0. The number of ether oxygens (including phenoxy) is 1. The van der Waals surface area contributed by atoms with E-state index in [9.17, 15) is 0 Å². The Morgan fingerprint density at radius 3 is 2.61 bits per heavy atom. The van der Waals surface area contributed by atoms with Gasteiger partial charge in [0.1, 0.15) is 23.5 Å². The van der Waals surface area contributed by atoms with Gasteiger partial charge in [0, 0.05) is 11.9 Å². The van der Waals surface area contributed by atoms with Gasteiger partial charge in [0.15, 0.2) is 0 Å². The summed E-state index contributed by atoms with van der Waals surface area (Å²) in [5.74, 6) is 1.22. The van der Waals surface area contributed by atoms with Crippen LogP contribution in [0.1, 0.15) is 19.7 Å². The number of para-hydroxylation sites is 1. The highest BCUT2D eigenvalue weighted by Crippen LogP contribution is 2.32. The molecule has 2 aromatic heterocycles. The molecule has 0 aliphatic carbocycles. The molecule has 23 heavy (non-hydrogen) atoms. The molecule has 0 bridgehead atoms. The lowest BCUT2D eigenvalue weighted by molar-refractivity contribution is -0.00000573. The van der Waals surface area contributed by atoms with Crippen LogP contribution in [0.25, 0.3) is 22.1 Å². The zero-order valence-electron chi connectivity index (χ0n) is 13.7. The summed E-state index contributed by atoms with van der Waals surface area (Å²) < 4.78 is 11.8. The SMILES string of the molecule is CCN(CC)CCOc1nc(C)nc2c1oc1ccccc12.[Cl-]. The first kappa shape index (κ1) is 17.5. The second-order valence-corrected chi connectivity index (χ2v) is 5.23. The normalized spacial score (nSPS) is 11.1. The van der Waals surface area contributed by atoms with Crippen molar-refractivity contribution in [3.63, 3.8) is 0 Å². The van der Waals surface area contributed by atoms with E-state index in [2.05, 4.69) is 28.7 Å². The molecule has 6 heteroatoms. The summed E-state index contributed by atoms with van der Waals surface area (Å²) in [5.41, 5.74) is 2.26. The Bertz CT molecular complexity index is 784. The molecule has 0 radical (unpaired) electrons. The third-order valence-corrected chi connectivity index (χ3v) is 3.84. The summed E-state index contributed by atoms with van der Waals surface area (Å²) in [4.78, 5) is 11.2. The summed E-state index contributed by atoms with van der Waals surface area (Å²) in [6, 6.07) is 7.88. The summed E-state index contributed by atoms with van der Waals surface area (Å²) in [6.45, 7) is 9.66. The lowest BCUT2D eigenvalue weighted by Gasteiger charge is -2.17. The summed E-state index contributed by atoms with van der Waals surface area (Å²) in [6.07, 6.45) is 0. The molecule has 0 unspecified atom stereocenters. The smallest absolute Gasteiger partial charge is 0.261 e. The van der Waals surface area contributed by atoms with Gasteiger partial charge in [-0.2, -0.15) is 4.98 Å². The number of nitrogens with zero attached hydrogens (tertiary/aromatic N) is 3. The molecule has 3 aromatic rings. The highest BCUT2D eigenvalue weighted by molar-refractivity contribution is 6.03. The van der Waals surface area contributed by atoms with Crippen LogP contribution in [0.4, 0.5) is 0 Å². The molecule has 0 atom stereocenters. The number of furan rings is 1. The summed E-state index contributed by atoms with van der Waals surface area (Å²) >= 11 is 0. The van der Waals surface area contributed by atoms with Crippen molar-refractivity contribution in [2.45, 2.75) is 20.8 Å². The van der Waals surface area contributed by atoms with Crippen LogP contribution in [0, 0.1) is 6.92 Å². The Hall–Kier alpha value is -1.85. The lowest BCUT2D eigenvalue weighted by atomic mass is 10.2. The van der Waals surface area contributed by atoms with E-state index in [1.807, 2.05) is 31.2 Å². The fraction of sp³-hybridized carbons (Fsp3) is 0.412. The van der Waals surface area contributed by atoms with E-state index < -0.39 is 0 Å². The van der Waals surface area contributed by atoms with Crippen LogP contribution >= 0.6 is 0 Å². The molecule has 0 N–H and O–H groups in total. The number of halogens is 1. The van der Waals surface area contributed by atoms with E-state index >= 15 is 0 Å². The second-order valence-electron chi connectivity index (χ2n) is 5.23. The standard InChI is InChI=1S/C17H21N3O2.ClH/c1-4-20(5-2)10-11-21-17-16-15(18-12(3)19-17)13-8-6-7-9-14(13)22-16;/h6-9H,4-5,10-11H2,1-3H3;1H/p-1. The molecule has 2 heterocycles. The van der Waals surface area contributed by atoms with Crippen molar-refractivity contribution in [3.8, 4) is 5.88 Å². The van der Waals surface area contributed by atoms with E-state index in [4.69, 9.17) is 9.15 Å². The Labute approximate surface area is 142 Å². The predicted octanol–water partition coefficient (Wildman–Crippen LogP) is 0.409. The first-order valence-corrected chi connectivity index (χ1v) is 7.74. The first-order valence-electron chi connectivity index (χ1n) is 7.74. The molecule has 124 valence electrons. The molecular formula is C17H21ClN3O2-. The van der Waals surface area contributed by atoms with Crippen molar-refractivity contribution in [2.24, 2.45) is 0 Å². The lowest BCUT2D eigenvalue weighted by Crippen LogP contribution is -3.00. The van der Waals surface area contributed by atoms with Crippen LogP contribution in [0.5, 0.6) is 5.88 Å². The van der Waals surface area contributed by atoms with Gasteiger partial charge >= 0.3 is 0 Å². The highest BCUT2D eigenvalue weighted by Gasteiger charge is 2.15. The molecule has 0 spiro atoms. The van der Waals surface area contributed by atoms with Crippen molar-refractivity contribution < 1.29 is 21.6 Å². The Kier molecular flexibility index (Phi) is 5.80. The van der Waals surface area contributed by atoms with E-state index in [1.54, 1.807) is 0 Å². The fourth-order valence-corrected chi connectivity index (χ4v) is 2.58. The van der Waals surface area contributed by atoms with Gasteiger partial charge in [0.25, 0.3) is 5.88 Å². The number of likely N-dealkylation sites (N-methyl/N-ethyl adjacent to an activating group) is 1. The van der Waals surface area contributed by atoms with Gasteiger partial charge in [-0.15, -0.1) is 0 Å².